The normalized spacial score (nSPS) is 10.1. The van der Waals surface area contributed by atoms with Gasteiger partial charge in [0.25, 0.3) is 0 Å². The van der Waals surface area contributed by atoms with E-state index in [1.54, 1.807) is 18.2 Å². The molecule has 0 saturated carbocycles. The van der Waals surface area contributed by atoms with Crippen LogP contribution in [0.4, 0.5) is 0 Å². The van der Waals surface area contributed by atoms with Crippen LogP contribution in [0.2, 0.25) is 5.15 Å². The number of pyridine rings is 2. The van der Waals surface area contributed by atoms with E-state index in [0.717, 1.165) is 16.8 Å². The van der Waals surface area contributed by atoms with E-state index in [4.69, 9.17) is 16.9 Å². The summed E-state index contributed by atoms with van der Waals surface area (Å²) < 4.78 is 0.712. The molecule has 4 nitrogen and oxygen atoms in total. The SMILES string of the molecule is CCc1nc(Cl)c(C#N)cc1-c1cc[n+]([O-])cc1. The average molecular weight is 260 g/mol. The van der Waals surface area contributed by atoms with E-state index < -0.39 is 0 Å². The van der Waals surface area contributed by atoms with Crippen LogP contribution in [-0.4, -0.2) is 4.98 Å². The molecule has 0 radical (unpaired) electrons. The van der Waals surface area contributed by atoms with Gasteiger partial charge in [-0.15, -0.1) is 0 Å². The lowest BCUT2D eigenvalue weighted by Gasteiger charge is -2.08. The largest absolute Gasteiger partial charge is 0.619 e. The fourth-order valence-corrected chi connectivity index (χ4v) is 1.92. The van der Waals surface area contributed by atoms with Crippen molar-refractivity contribution in [2.75, 3.05) is 0 Å². The predicted molar refractivity (Wildman–Crippen MR) is 67.7 cm³/mol. The van der Waals surface area contributed by atoms with Gasteiger partial charge < -0.3 is 5.21 Å². The standard InChI is InChI=1S/C13H10ClN3O/c1-2-12-11(7-10(8-15)13(14)16-12)9-3-5-17(18)6-4-9/h3-7H,2H2,1H3. The number of aromatic nitrogens is 2. The molecule has 0 unspecified atom stereocenters. The molecular formula is C13H10ClN3O. The van der Waals surface area contributed by atoms with Gasteiger partial charge in [-0.05, 0) is 18.1 Å². The van der Waals surface area contributed by atoms with Gasteiger partial charge in [-0.2, -0.15) is 9.99 Å². The summed E-state index contributed by atoms with van der Waals surface area (Å²) in [4.78, 5) is 4.22. The molecule has 0 N–H and O–H groups in total. The third-order valence-electron chi connectivity index (χ3n) is 2.62. The summed E-state index contributed by atoms with van der Waals surface area (Å²) in [6.45, 7) is 1.96. The monoisotopic (exact) mass is 259 g/mol. The summed E-state index contributed by atoms with van der Waals surface area (Å²) in [5.41, 5.74) is 2.82. The fourth-order valence-electron chi connectivity index (χ4n) is 1.72. The van der Waals surface area contributed by atoms with Gasteiger partial charge in [-0.3, -0.25) is 0 Å². The van der Waals surface area contributed by atoms with Crippen molar-refractivity contribution in [2.45, 2.75) is 13.3 Å². The maximum atomic E-state index is 11.0. The van der Waals surface area contributed by atoms with Gasteiger partial charge in [0.1, 0.15) is 11.2 Å². The highest BCUT2D eigenvalue weighted by Crippen LogP contribution is 2.26. The van der Waals surface area contributed by atoms with Crippen LogP contribution in [0.15, 0.2) is 30.6 Å². The Morgan fingerprint density at radius 2 is 2.11 bits per heavy atom. The highest BCUT2D eigenvalue weighted by molar-refractivity contribution is 6.30. The second-order valence-corrected chi connectivity index (χ2v) is 4.09. The van der Waals surface area contributed by atoms with E-state index in [1.165, 1.54) is 12.4 Å². The molecule has 2 rings (SSSR count). The number of nitriles is 1. The maximum Gasteiger partial charge on any atom is 0.180 e. The quantitative estimate of drug-likeness (QED) is 0.473. The minimum Gasteiger partial charge on any atom is -0.619 e. The number of hydrogen-bond donors (Lipinski definition) is 0. The van der Waals surface area contributed by atoms with Crippen LogP contribution >= 0.6 is 11.6 Å². The van der Waals surface area contributed by atoms with Crippen LogP contribution in [-0.2, 0) is 6.42 Å². The lowest BCUT2D eigenvalue weighted by atomic mass is 10.0. The van der Waals surface area contributed by atoms with Crippen LogP contribution in [0.5, 0.6) is 0 Å². The van der Waals surface area contributed by atoms with Crippen LogP contribution in [0.3, 0.4) is 0 Å². The topological polar surface area (TPSA) is 63.6 Å². The van der Waals surface area contributed by atoms with Crippen molar-refractivity contribution in [3.63, 3.8) is 0 Å². The van der Waals surface area contributed by atoms with E-state index in [1.807, 2.05) is 13.0 Å². The van der Waals surface area contributed by atoms with Gasteiger partial charge in [-0.1, -0.05) is 18.5 Å². The van der Waals surface area contributed by atoms with Gasteiger partial charge in [0, 0.05) is 23.4 Å². The molecule has 0 bridgehead atoms. The summed E-state index contributed by atoms with van der Waals surface area (Å²) >= 11 is 5.91. The molecule has 0 saturated heterocycles. The second kappa shape index (κ2) is 5.03. The van der Waals surface area contributed by atoms with Crippen molar-refractivity contribution in [1.82, 2.24) is 4.98 Å². The lowest BCUT2D eigenvalue weighted by molar-refractivity contribution is -0.605. The van der Waals surface area contributed by atoms with Crippen molar-refractivity contribution >= 4 is 11.6 Å². The van der Waals surface area contributed by atoms with E-state index in [0.29, 0.717) is 16.7 Å². The van der Waals surface area contributed by atoms with Gasteiger partial charge in [0.05, 0.1) is 5.56 Å². The number of rotatable bonds is 2. The Morgan fingerprint density at radius 3 is 2.67 bits per heavy atom. The summed E-state index contributed by atoms with van der Waals surface area (Å²) in [7, 11) is 0. The van der Waals surface area contributed by atoms with Gasteiger partial charge in [-0.25, -0.2) is 4.98 Å². The zero-order valence-electron chi connectivity index (χ0n) is 9.72. The van der Waals surface area contributed by atoms with Crippen molar-refractivity contribution < 1.29 is 4.73 Å². The van der Waals surface area contributed by atoms with Crippen molar-refractivity contribution in [2.24, 2.45) is 0 Å². The molecule has 0 atom stereocenters. The van der Waals surface area contributed by atoms with E-state index in [9.17, 15) is 5.21 Å². The molecule has 18 heavy (non-hydrogen) atoms. The zero-order valence-corrected chi connectivity index (χ0v) is 10.5. The Bertz CT molecular complexity index is 617. The van der Waals surface area contributed by atoms with Crippen LogP contribution in [0.25, 0.3) is 11.1 Å². The molecule has 2 aromatic rings. The molecule has 0 amide bonds. The number of nitrogens with zero attached hydrogens (tertiary/aromatic N) is 3. The van der Waals surface area contributed by atoms with E-state index >= 15 is 0 Å². The fraction of sp³-hybridized carbons (Fsp3) is 0.154. The second-order valence-electron chi connectivity index (χ2n) is 3.73. The Kier molecular flexibility index (Phi) is 3.45. The molecule has 0 aliphatic carbocycles. The molecule has 2 aromatic heterocycles. The molecular weight excluding hydrogens is 250 g/mol. The number of aryl methyl sites for hydroxylation is 1. The van der Waals surface area contributed by atoms with Crippen molar-refractivity contribution in [1.29, 1.82) is 5.26 Å². The lowest BCUT2D eigenvalue weighted by Crippen LogP contribution is -2.23. The number of halogens is 1. The van der Waals surface area contributed by atoms with Gasteiger partial charge in [0.15, 0.2) is 12.4 Å². The molecule has 5 heteroatoms. The van der Waals surface area contributed by atoms with Gasteiger partial charge >= 0.3 is 0 Å². The Labute approximate surface area is 110 Å². The molecule has 90 valence electrons. The molecule has 0 aliphatic rings. The van der Waals surface area contributed by atoms with Gasteiger partial charge in [0.2, 0.25) is 0 Å². The van der Waals surface area contributed by atoms with Crippen molar-refractivity contribution in [3.8, 4) is 17.2 Å². The maximum absolute atomic E-state index is 11.0. The average Bonchev–Trinajstić information content (AvgIpc) is 2.39. The first-order valence-electron chi connectivity index (χ1n) is 5.44. The van der Waals surface area contributed by atoms with E-state index in [-0.39, 0.29) is 5.15 Å². The van der Waals surface area contributed by atoms with Crippen LogP contribution < -0.4 is 4.73 Å². The molecule has 0 spiro atoms. The molecule has 2 heterocycles. The third-order valence-corrected chi connectivity index (χ3v) is 2.91. The minimum absolute atomic E-state index is 0.216. The number of hydrogen-bond acceptors (Lipinski definition) is 3. The molecule has 0 fully saturated rings. The Balaban J connectivity index is 2.62. The summed E-state index contributed by atoms with van der Waals surface area (Å²) in [6, 6.07) is 7.10. The Morgan fingerprint density at radius 1 is 1.44 bits per heavy atom. The van der Waals surface area contributed by atoms with E-state index in [2.05, 4.69) is 4.98 Å². The molecule has 0 aliphatic heterocycles. The third kappa shape index (κ3) is 2.27. The zero-order chi connectivity index (χ0) is 13.1. The first-order chi connectivity index (χ1) is 8.65. The highest BCUT2D eigenvalue weighted by Gasteiger charge is 2.11. The first-order valence-corrected chi connectivity index (χ1v) is 5.82. The predicted octanol–water partition coefficient (Wildman–Crippen LogP) is 2.47. The summed E-state index contributed by atoms with van der Waals surface area (Å²) in [6.07, 6.45) is 3.53. The summed E-state index contributed by atoms with van der Waals surface area (Å²) in [5, 5.41) is 20.2. The first kappa shape index (κ1) is 12.3. The Hall–Kier alpha value is -2.12. The smallest absolute Gasteiger partial charge is 0.180 e. The summed E-state index contributed by atoms with van der Waals surface area (Å²) in [5.74, 6) is 0. The van der Waals surface area contributed by atoms with Crippen molar-refractivity contribution in [3.05, 3.63) is 52.2 Å². The molecule has 0 aromatic carbocycles. The highest BCUT2D eigenvalue weighted by atomic mass is 35.5. The van der Waals surface area contributed by atoms with Crippen LogP contribution in [0.1, 0.15) is 18.2 Å². The minimum atomic E-state index is 0.216. The van der Waals surface area contributed by atoms with Crippen LogP contribution in [0, 0.1) is 16.5 Å².